The van der Waals surface area contributed by atoms with Crippen LogP contribution in [0.2, 0.25) is 0 Å². The third-order valence-corrected chi connectivity index (χ3v) is 6.34. The van der Waals surface area contributed by atoms with E-state index in [2.05, 4.69) is 24.2 Å². The molecule has 0 aromatic heterocycles. The van der Waals surface area contributed by atoms with Crippen molar-refractivity contribution in [1.29, 1.82) is 0 Å². The van der Waals surface area contributed by atoms with Crippen molar-refractivity contribution in [2.45, 2.75) is 57.9 Å². The normalized spacial score (nSPS) is 43.7. The van der Waals surface area contributed by atoms with Gasteiger partial charge in [-0.2, -0.15) is 0 Å². The van der Waals surface area contributed by atoms with Gasteiger partial charge in [-0.25, -0.2) is 0 Å². The van der Waals surface area contributed by atoms with Crippen LogP contribution in [0.25, 0.3) is 0 Å². The minimum atomic E-state index is 0.687. The van der Waals surface area contributed by atoms with E-state index in [-0.39, 0.29) is 0 Å². The van der Waals surface area contributed by atoms with Gasteiger partial charge in [0.1, 0.15) is 0 Å². The second-order valence-corrected chi connectivity index (χ2v) is 7.25. The summed E-state index contributed by atoms with van der Waals surface area (Å²) < 4.78 is 0. The lowest BCUT2D eigenvalue weighted by atomic mass is 9.59. The maximum absolute atomic E-state index is 3.70. The van der Waals surface area contributed by atoms with Gasteiger partial charge in [-0.15, -0.1) is 0 Å². The van der Waals surface area contributed by atoms with Crippen molar-refractivity contribution in [3.63, 3.8) is 0 Å². The molecule has 18 heavy (non-hydrogen) atoms. The average Bonchev–Trinajstić information content (AvgIpc) is 2.89. The second-order valence-electron chi connectivity index (χ2n) is 7.25. The number of hydrogen-bond donors (Lipinski definition) is 1. The van der Waals surface area contributed by atoms with Gasteiger partial charge in [0.15, 0.2) is 0 Å². The summed E-state index contributed by atoms with van der Waals surface area (Å²) in [5.41, 5.74) is 0.687. The van der Waals surface area contributed by atoms with E-state index < -0.39 is 0 Å². The van der Waals surface area contributed by atoms with Crippen molar-refractivity contribution in [3.05, 3.63) is 0 Å². The highest BCUT2D eigenvalue weighted by molar-refractivity contribution is 5.00. The summed E-state index contributed by atoms with van der Waals surface area (Å²) in [6.07, 6.45) is 10.4. The lowest BCUT2D eigenvalue weighted by Gasteiger charge is -2.53. The quantitative estimate of drug-likeness (QED) is 0.770. The van der Waals surface area contributed by atoms with E-state index in [1.54, 1.807) is 0 Å². The van der Waals surface area contributed by atoms with E-state index in [0.29, 0.717) is 5.41 Å². The molecule has 2 heterocycles. The second kappa shape index (κ2) is 5.13. The molecule has 0 radical (unpaired) electrons. The molecule has 0 aromatic rings. The van der Waals surface area contributed by atoms with Crippen LogP contribution in [0.4, 0.5) is 0 Å². The van der Waals surface area contributed by atoms with Crippen molar-refractivity contribution in [3.8, 4) is 0 Å². The molecule has 1 saturated carbocycles. The molecule has 1 aliphatic carbocycles. The molecule has 0 amide bonds. The topological polar surface area (TPSA) is 15.3 Å². The molecule has 104 valence electrons. The zero-order valence-electron chi connectivity index (χ0n) is 12.3. The average molecular weight is 250 g/mol. The Morgan fingerprint density at radius 1 is 1.17 bits per heavy atom. The fraction of sp³-hybridized carbons (Fsp3) is 1.00. The van der Waals surface area contributed by atoms with Crippen molar-refractivity contribution in [2.24, 2.45) is 17.3 Å². The zero-order chi connectivity index (χ0) is 12.6. The zero-order valence-corrected chi connectivity index (χ0v) is 12.3. The Hall–Kier alpha value is -0.0800. The van der Waals surface area contributed by atoms with Gasteiger partial charge in [0, 0.05) is 6.04 Å². The SMILES string of the molecule is CC1CC2(CCNCC2C2CCCC2)CCN1C. The first-order valence-electron chi connectivity index (χ1n) is 8.12. The molecule has 0 bridgehead atoms. The van der Waals surface area contributed by atoms with Gasteiger partial charge >= 0.3 is 0 Å². The third-order valence-electron chi connectivity index (χ3n) is 6.34. The molecule has 3 aliphatic rings. The van der Waals surface area contributed by atoms with Gasteiger partial charge in [-0.05, 0) is 70.1 Å². The highest BCUT2D eigenvalue weighted by atomic mass is 15.1. The molecule has 0 aromatic carbocycles. The van der Waals surface area contributed by atoms with Gasteiger partial charge in [0.05, 0.1) is 0 Å². The van der Waals surface area contributed by atoms with Gasteiger partial charge in [-0.3, -0.25) is 0 Å². The smallest absolute Gasteiger partial charge is 0.00693 e. The Bertz CT molecular complexity index is 285. The number of likely N-dealkylation sites (tertiary alicyclic amines) is 1. The molecule has 2 nitrogen and oxygen atoms in total. The van der Waals surface area contributed by atoms with E-state index in [1.165, 1.54) is 64.6 Å². The summed E-state index contributed by atoms with van der Waals surface area (Å²) in [6.45, 7) is 6.33. The van der Waals surface area contributed by atoms with Crippen LogP contribution in [-0.2, 0) is 0 Å². The minimum Gasteiger partial charge on any atom is -0.316 e. The monoisotopic (exact) mass is 250 g/mol. The molecule has 3 atom stereocenters. The molecule has 2 saturated heterocycles. The van der Waals surface area contributed by atoms with E-state index in [0.717, 1.165) is 17.9 Å². The lowest BCUT2D eigenvalue weighted by Crippen LogP contribution is -2.54. The summed E-state index contributed by atoms with van der Waals surface area (Å²) in [6, 6.07) is 0.792. The Labute approximate surface area is 113 Å². The molecule has 3 rings (SSSR count). The first-order valence-corrected chi connectivity index (χ1v) is 8.12. The Balaban J connectivity index is 1.77. The van der Waals surface area contributed by atoms with E-state index >= 15 is 0 Å². The molecule has 1 N–H and O–H groups in total. The molecular formula is C16H30N2. The predicted molar refractivity (Wildman–Crippen MR) is 76.7 cm³/mol. The molecule has 3 unspecified atom stereocenters. The standard InChI is InChI=1S/C16H30N2/c1-13-11-16(8-10-18(13)2)7-9-17-12-15(16)14-5-3-4-6-14/h13-15,17H,3-12H2,1-2H3. The fourth-order valence-electron chi connectivity index (χ4n) is 5.05. The lowest BCUT2D eigenvalue weighted by molar-refractivity contribution is -0.0204. The van der Waals surface area contributed by atoms with Crippen LogP contribution in [0.15, 0.2) is 0 Å². The summed E-state index contributed by atoms with van der Waals surface area (Å²) >= 11 is 0. The summed E-state index contributed by atoms with van der Waals surface area (Å²) in [7, 11) is 2.31. The van der Waals surface area contributed by atoms with Gasteiger partial charge < -0.3 is 10.2 Å². The summed E-state index contributed by atoms with van der Waals surface area (Å²) in [5.74, 6) is 2.01. The molecule has 3 fully saturated rings. The van der Waals surface area contributed by atoms with Crippen LogP contribution in [0.3, 0.4) is 0 Å². The number of rotatable bonds is 1. The van der Waals surface area contributed by atoms with E-state index in [1.807, 2.05) is 0 Å². The van der Waals surface area contributed by atoms with Crippen LogP contribution < -0.4 is 5.32 Å². The number of piperidine rings is 2. The van der Waals surface area contributed by atoms with E-state index in [9.17, 15) is 0 Å². The number of nitrogens with one attached hydrogen (secondary N) is 1. The van der Waals surface area contributed by atoms with Crippen LogP contribution in [-0.4, -0.2) is 37.6 Å². The number of nitrogens with zero attached hydrogens (tertiary/aromatic N) is 1. The Morgan fingerprint density at radius 3 is 2.67 bits per heavy atom. The number of hydrogen-bond acceptors (Lipinski definition) is 2. The van der Waals surface area contributed by atoms with Gasteiger partial charge in [-0.1, -0.05) is 25.7 Å². The maximum atomic E-state index is 3.70. The molecule has 1 spiro atoms. The Morgan fingerprint density at radius 2 is 1.94 bits per heavy atom. The van der Waals surface area contributed by atoms with Crippen LogP contribution in [0.5, 0.6) is 0 Å². The third kappa shape index (κ3) is 2.22. The van der Waals surface area contributed by atoms with Crippen LogP contribution >= 0.6 is 0 Å². The first-order chi connectivity index (χ1) is 8.71. The van der Waals surface area contributed by atoms with E-state index in [4.69, 9.17) is 0 Å². The first kappa shape index (κ1) is 12.9. The summed E-state index contributed by atoms with van der Waals surface area (Å²) in [4.78, 5) is 2.57. The Kier molecular flexibility index (Phi) is 3.68. The van der Waals surface area contributed by atoms with Gasteiger partial charge in [0.25, 0.3) is 0 Å². The predicted octanol–water partition coefficient (Wildman–Crippen LogP) is 2.89. The molecule has 2 aliphatic heterocycles. The van der Waals surface area contributed by atoms with Crippen molar-refractivity contribution >= 4 is 0 Å². The molecule has 2 heteroatoms. The minimum absolute atomic E-state index is 0.687. The molecular weight excluding hydrogens is 220 g/mol. The fourth-order valence-corrected chi connectivity index (χ4v) is 5.05. The summed E-state index contributed by atoms with van der Waals surface area (Å²) in [5, 5.41) is 3.70. The van der Waals surface area contributed by atoms with Crippen molar-refractivity contribution < 1.29 is 0 Å². The van der Waals surface area contributed by atoms with Crippen LogP contribution in [0.1, 0.15) is 51.9 Å². The largest absolute Gasteiger partial charge is 0.316 e. The van der Waals surface area contributed by atoms with Crippen LogP contribution in [0, 0.1) is 17.3 Å². The highest BCUT2D eigenvalue weighted by Gasteiger charge is 2.47. The van der Waals surface area contributed by atoms with Gasteiger partial charge in [0.2, 0.25) is 0 Å². The van der Waals surface area contributed by atoms with Crippen molar-refractivity contribution in [2.75, 3.05) is 26.7 Å². The maximum Gasteiger partial charge on any atom is 0.00693 e. The van der Waals surface area contributed by atoms with Crippen molar-refractivity contribution in [1.82, 2.24) is 10.2 Å². The highest BCUT2D eigenvalue weighted by Crippen LogP contribution is 2.51.